The summed E-state index contributed by atoms with van der Waals surface area (Å²) in [5.74, 6) is -1.28. The van der Waals surface area contributed by atoms with Gasteiger partial charge in [0, 0.05) is 10.6 Å². The van der Waals surface area contributed by atoms with Gasteiger partial charge in [-0.25, -0.2) is 8.42 Å². The second kappa shape index (κ2) is 8.67. The fourth-order valence-electron chi connectivity index (χ4n) is 2.07. The highest BCUT2D eigenvalue weighted by Gasteiger charge is 2.18. The minimum atomic E-state index is -4.02. The molecule has 10 heteroatoms. The molecule has 0 aliphatic heterocycles. The van der Waals surface area contributed by atoms with Crippen molar-refractivity contribution in [3.05, 3.63) is 64.7 Å². The Morgan fingerprint density at radius 3 is 2.37 bits per heavy atom. The highest BCUT2D eigenvalue weighted by Crippen LogP contribution is 2.24. The number of benzene rings is 2. The normalized spacial score (nSPS) is 12.1. The van der Waals surface area contributed by atoms with Crippen LogP contribution in [0, 0.1) is 0 Å². The van der Waals surface area contributed by atoms with E-state index in [4.69, 9.17) is 11.6 Å². The van der Waals surface area contributed by atoms with Crippen LogP contribution in [0.1, 0.15) is 12.5 Å². The van der Waals surface area contributed by atoms with Crippen LogP contribution >= 0.6 is 11.6 Å². The largest absolute Gasteiger partial charge is 0.507 e. The van der Waals surface area contributed by atoms with E-state index >= 15 is 0 Å². The molecule has 0 saturated carbocycles. The molecule has 27 heavy (non-hydrogen) atoms. The lowest BCUT2D eigenvalue weighted by molar-refractivity contribution is -0.117. The number of hydrogen-bond donors (Lipinski definition) is 4. The number of aliphatic hydroxyl groups excluding tert-OH is 1. The lowest BCUT2D eigenvalue weighted by Gasteiger charge is -2.12. The zero-order valence-corrected chi connectivity index (χ0v) is 15.6. The van der Waals surface area contributed by atoms with Crippen LogP contribution in [0.5, 0.6) is 0 Å². The van der Waals surface area contributed by atoms with Gasteiger partial charge < -0.3 is 10.4 Å². The van der Waals surface area contributed by atoms with Crippen LogP contribution in [0.25, 0.3) is 5.76 Å². The predicted octanol–water partition coefficient (Wildman–Crippen LogP) is 2.21. The van der Waals surface area contributed by atoms with Gasteiger partial charge in [0.25, 0.3) is 15.9 Å². The summed E-state index contributed by atoms with van der Waals surface area (Å²) in [6, 6.07) is 11.6. The van der Waals surface area contributed by atoms with Crippen molar-refractivity contribution in [2.45, 2.75) is 11.8 Å². The molecule has 0 bridgehead atoms. The van der Waals surface area contributed by atoms with Gasteiger partial charge >= 0.3 is 0 Å². The summed E-state index contributed by atoms with van der Waals surface area (Å²) < 4.78 is 24.3. The summed E-state index contributed by atoms with van der Waals surface area (Å²) in [6.45, 7) is 1.30. The first kappa shape index (κ1) is 20.4. The fraction of sp³-hybridized carbons (Fsp3) is 0.0588. The fourth-order valence-corrected chi connectivity index (χ4v) is 3.03. The summed E-state index contributed by atoms with van der Waals surface area (Å²) in [7, 11) is -4.02. The molecule has 2 amide bonds. The first-order valence-electron chi connectivity index (χ1n) is 7.53. The van der Waals surface area contributed by atoms with Crippen LogP contribution in [-0.4, -0.2) is 25.8 Å². The molecule has 0 atom stereocenters. The predicted molar refractivity (Wildman–Crippen MR) is 101 cm³/mol. The second-order valence-electron chi connectivity index (χ2n) is 5.29. The van der Waals surface area contributed by atoms with Crippen molar-refractivity contribution in [2.75, 3.05) is 5.32 Å². The Labute approximate surface area is 160 Å². The zero-order chi connectivity index (χ0) is 20.0. The van der Waals surface area contributed by atoms with Crippen LogP contribution < -0.4 is 15.6 Å². The molecule has 0 spiro atoms. The van der Waals surface area contributed by atoms with E-state index in [1.807, 2.05) is 10.3 Å². The number of aliphatic hydroxyl groups is 1. The molecule has 0 aliphatic rings. The van der Waals surface area contributed by atoms with E-state index in [-0.39, 0.29) is 16.0 Å². The van der Waals surface area contributed by atoms with Crippen LogP contribution in [-0.2, 0) is 19.6 Å². The maximum absolute atomic E-state index is 12.2. The van der Waals surface area contributed by atoms with Gasteiger partial charge in [-0.1, -0.05) is 23.7 Å². The van der Waals surface area contributed by atoms with Gasteiger partial charge in [0.05, 0.1) is 16.2 Å². The number of halogens is 1. The average molecular weight is 410 g/mol. The first-order valence-corrected chi connectivity index (χ1v) is 9.39. The third kappa shape index (κ3) is 5.07. The Morgan fingerprint density at radius 2 is 1.74 bits per heavy atom. The Hall–Kier alpha value is -2.88. The van der Waals surface area contributed by atoms with E-state index in [1.54, 1.807) is 12.1 Å². The molecule has 0 aliphatic carbocycles. The molecule has 2 aromatic carbocycles. The minimum Gasteiger partial charge on any atom is -0.507 e. The van der Waals surface area contributed by atoms with Crippen molar-refractivity contribution < 1.29 is 23.1 Å². The first-order chi connectivity index (χ1) is 12.8. The number of anilines is 1. The Balaban J connectivity index is 2.18. The van der Waals surface area contributed by atoms with Crippen molar-refractivity contribution in [1.29, 1.82) is 0 Å². The topological polar surface area (TPSA) is 125 Å². The van der Waals surface area contributed by atoms with Gasteiger partial charge in [0.15, 0.2) is 0 Å². The molecular formula is C17H16ClN3O5S. The highest BCUT2D eigenvalue weighted by molar-refractivity contribution is 7.89. The molecule has 4 N–H and O–H groups in total. The molecule has 2 aromatic rings. The van der Waals surface area contributed by atoms with Crippen molar-refractivity contribution in [1.82, 2.24) is 10.3 Å². The number of rotatable bonds is 7. The summed E-state index contributed by atoms with van der Waals surface area (Å²) in [5, 5.41) is 13.1. The third-order valence-electron chi connectivity index (χ3n) is 3.52. The van der Waals surface area contributed by atoms with Gasteiger partial charge in [0.1, 0.15) is 5.76 Å². The standard InChI is InChI=1S/C17H16ClN3O5S/c1-11(16(23)14-4-2-3-5-15(14)19-10-22)17(24)20-21-27(25,26)13-8-6-12(18)7-9-13/h2-10,21,23H,1H3,(H,19,22)(H,20,24)/b16-11-. The third-order valence-corrected chi connectivity index (χ3v) is 5.03. The van der Waals surface area contributed by atoms with E-state index in [9.17, 15) is 23.1 Å². The van der Waals surface area contributed by atoms with Crippen LogP contribution in [0.2, 0.25) is 5.02 Å². The molecule has 0 aromatic heterocycles. The van der Waals surface area contributed by atoms with Crippen LogP contribution in [0.3, 0.4) is 0 Å². The molecular weight excluding hydrogens is 394 g/mol. The van der Waals surface area contributed by atoms with E-state index in [2.05, 4.69) is 5.32 Å². The van der Waals surface area contributed by atoms with Crippen molar-refractivity contribution in [2.24, 2.45) is 0 Å². The lowest BCUT2D eigenvalue weighted by Crippen LogP contribution is -2.42. The number of carbonyl (C=O) groups excluding carboxylic acids is 2. The number of nitrogens with one attached hydrogen (secondary N) is 3. The summed E-state index contributed by atoms with van der Waals surface area (Å²) in [6.07, 6.45) is 0.432. The van der Waals surface area contributed by atoms with E-state index < -0.39 is 21.7 Å². The van der Waals surface area contributed by atoms with E-state index in [0.717, 1.165) is 0 Å². The maximum Gasteiger partial charge on any atom is 0.265 e. The molecule has 0 heterocycles. The smallest absolute Gasteiger partial charge is 0.265 e. The summed E-state index contributed by atoms with van der Waals surface area (Å²) in [5.41, 5.74) is 2.36. The van der Waals surface area contributed by atoms with Crippen molar-refractivity contribution in [3.63, 3.8) is 0 Å². The molecule has 0 saturated heterocycles. The molecule has 2 rings (SSSR count). The van der Waals surface area contributed by atoms with Crippen molar-refractivity contribution in [3.8, 4) is 0 Å². The zero-order valence-electron chi connectivity index (χ0n) is 14.1. The molecule has 0 fully saturated rings. The second-order valence-corrected chi connectivity index (χ2v) is 7.41. The number of hydrazine groups is 1. The molecule has 0 unspecified atom stereocenters. The summed E-state index contributed by atoms with van der Waals surface area (Å²) in [4.78, 5) is 24.7. The van der Waals surface area contributed by atoms with Gasteiger partial charge in [-0.05, 0) is 43.3 Å². The number of para-hydroxylation sites is 1. The number of amides is 2. The molecule has 8 nitrogen and oxygen atoms in total. The number of hydrogen-bond acceptors (Lipinski definition) is 5. The van der Waals surface area contributed by atoms with Gasteiger partial charge in [-0.2, -0.15) is 0 Å². The highest BCUT2D eigenvalue weighted by atomic mass is 35.5. The average Bonchev–Trinajstić information content (AvgIpc) is 2.66. The van der Waals surface area contributed by atoms with Crippen molar-refractivity contribution >= 4 is 45.4 Å². The Bertz CT molecular complexity index is 988. The minimum absolute atomic E-state index is 0.0985. The number of sulfonamides is 1. The monoisotopic (exact) mass is 409 g/mol. The van der Waals surface area contributed by atoms with Gasteiger partial charge in [-0.3, -0.25) is 15.0 Å². The number of carbonyl (C=O) groups is 2. The summed E-state index contributed by atoms with van der Waals surface area (Å²) >= 11 is 5.71. The SMILES string of the molecule is C/C(C(=O)NNS(=O)(=O)c1ccc(Cl)cc1)=C(/O)c1ccccc1NC=O. The quantitative estimate of drug-likeness (QED) is 0.241. The van der Waals surface area contributed by atoms with Crippen LogP contribution in [0.4, 0.5) is 5.69 Å². The maximum atomic E-state index is 12.2. The molecule has 0 radical (unpaired) electrons. The molecule has 142 valence electrons. The van der Waals surface area contributed by atoms with Gasteiger partial charge in [-0.15, -0.1) is 4.83 Å². The Morgan fingerprint density at radius 1 is 1.11 bits per heavy atom. The Kier molecular flexibility index (Phi) is 6.56. The van der Waals surface area contributed by atoms with E-state index in [0.29, 0.717) is 17.1 Å². The van der Waals surface area contributed by atoms with Gasteiger partial charge in [0.2, 0.25) is 6.41 Å². The van der Waals surface area contributed by atoms with E-state index in [1.165, 1.54) is 43.3 Å². The lowest BCUT2D eigenvalue weighted by atomic mass is 10.1. The van der Waals surface area contributed by atoms with Crippen LogP contribution in [0.15, 0.2) is 59.0 Å².